The van der Waals surface area contributed by atoms with Crippen LogP contribution in [0.2, 0.25) is 0 Å². The van der Waals surface area contributed by atoms with Crippen molar-refractivity contribution in [1.82, 2.24) is 5.32 Å². The highest BCUT2D eigenvalue weighted by Crippen LogP contribution is 2.27. The maximum Gasteiger partial charge on any atom is 0.0477 e. The molecule has 1 rings (SSSR count). The number of rotatable bonds is 8. The Balaban J connectivity index is 2.10. The van der Waals surface area contributed by atoms with Gasteiger partial charge < -0.3 is 10.1 Å². The fourth-order valence-electron chi connectivity index (χ4n) is 2.69. The maximum atomic E-state index is 5.16. The third kappa shape index (κ3) is 5.31. The summed E-state index contributed by atoms with van der Waals surface area (Å²) in [7, 11) is 1.79. The van der Waals surface area contributed by atoms with Crippen LogP contribution >= 0.6 is 0 Å². The summed E-state index contributed by atoms with van der Waals surface area (Å²) < 4.78 is 5.16. The van der Waals surface area contributed by atoms with Crippen LogP contribution in [0.1, 0.15) is 52.4 Å². The van der Waals surface area contributed by atoms with Gasteiger partial charge in [0.25, 0.3) is 0 Å². The van der Waals surface area contributed by atoms with Crippen molar-refractivity contribution >= 4 is 0 Å². The van der Waals surface area contributed by atoms with Gasteiger partial charge in [0.1, 0.15) is 0 Å². The van der Waals surface area contributed by atoms with Gasteiger partial charge in [0.2, 0.25) is 0 Å². The van der Waals surface area contributed by atoms with Gasteiger partial charge in [0.15, 0.2) is 0 Å². The van der Waals surface area contributed by atoms with Gasteiger partial charge in [0.05, 0.1) is 0 Å². The van der Waals surface area contributed by atoms with Crippen LogP contribution in [0.4, 0.5) is 0 Å². The van der Waals surface area contributed by atoms with Crippen molar-refractivity contribution in [1.29, 1.82) is 0 Å². The van der Waals surface area contributed by atoms with E-state index in [1.165, 1.54) is 38.6 Å². The zero-order valence-electron chi connectivity index (χ0n) is 11.3. The Morgan fingerprint density at radius 1 is 1.25 bits per heavy atom. The highest BCUT2D eigenvalue weighted by Gasteiger charge is 2.16. The number of hydrogen-bond acceptors (Lipinski definition) is 2. The predicted molar refractivity (Wildman–Crippen MR) is 69.7 cm³/mol. The van der Waals surface area contributed by atoms with Crippen molar-refractivity contribution in [2.75, 3.05) is 20.3 Å². The monoisotopic (exact) mass is 227 g/mol. The lowest BCUT2D eigenvalue weighted by atomic mass is 9.99. The molecule has 1 atom stereocenters. The van der Waals surface area contributed by atoms with Crippen LogP contribution in [0.3, 0.4) is 0 Å². The van der Waals surface area contributed by atoms with E-state index in [-0.39, 0.29) is 0 Å². The number of hydrogen-bond donors (Lipinski definition) is 1. The molecule has 0 saturated heterocycles. The average molecular weight is 227 g/mol. The molecule has 1 fully saturated rings. The highest BCUT2D eigenvalue weighted by molar-refractivity contribution is 4.73. The van der Waals surface area contributed by atoms with Gasteiger partial charge >= 0.3 is 0 Å². The fourth-order valence-corrected chi connectivity index (χ4v) is 2.69. The Bertz CT molecular complexity index is 164. The molecule has 0 aromatic carbocycles. The molecule has 0 bridgehead atoms. The minimum atomic E-state index is 0.626. The molecular formula is C14H29NO. The maximum absolute atomic E-state index is 5.16. The molecule has 1 aliphatic carbocycles. The standard InChI is InChI=1S/C14H29NO/c1-12(2)14(9-11-16-3)15-10-8-13-6-4-5-7-13/h12-15H,4-11H2,1-3H3. The first kappa shape index (κ1) is 14.0. The van der Waals surface area contributed by atoms with Gasteiger partial charge in [0, 0.05) is 19.8 Å². The Hall–Kier alpha value is -0.0800. The van der Waals surface area contributed by atoms with Crippen LogP contribution in [-0.4, -0.2) is 26.3 Å². The summed E-state index contributed by atoms with van der Waals surface area (Å²) in [5.41, 5.74) is 0. The van der Waals surface area contributed by atoms with E-state index in [4.69, 9.17) is 4.74 Å². The van der Waals surface area contributed by atoms with E-state index in [0.29, 0.717) is 12.0 Å². The minimum absolute atomic E-state index is 0.626. The molecule has 0 aliphatic heterocycles. The van der Waals surface area contributed by atoms with Crippen molar-refractivity contribution in [3.8, 4) is 0 Å². The van der Waals surface area contributed by atoms with Crippen LogP contribution in [0, 0.1) is 11.8 Å². The van der Waals surface area contributed by atoms with E-state index >= 15 is 0 Å². The van der Waals surface area contributed by atoms with E-state index in [9.17, 15) is 0 Å². The molecule has 0 amide bonds. The molecule has 1 saturated carbocycles. The third-order valence-electron chi connectivity index (χ3n) is 3.87. The second-order valence-corrected chi connectivity index (χ2v) is 5.53. The zero-order chi connectivity index (χ0) is 11.8. The van der Waals surface area contributed by atoms with Crippen molar-refractivity contribution in [2.45, 2.75) is 58.4 Å². The van der Waals surface area contributed by atoms with Gasteiger partial charge in [-0.25, -0.2) is 0 Å². The lowest BCUT2D eigenvalue weighted by Crippen LogP contribution is -2.36. The van der Waals surface area contributed by atoms with E-state index < -0.39 is 0 Å². The van der Waals surface area contributed by atoms with Gasteiger partial charge in [-0.2, -0.15) is 0 Å². The quantitative estimate of drug-likeness (QED) is 0.687. The van der Waals surface area contributed by atoms with E-state index in [2.05, 4.69) is 19.2 Å². The Morgan fingerprint density at radius 3 is 2.50 bits per heavy atom. The van der Waals surface area contributed by atoms with Crippen molar-refractivity contribution < 1.29 is 4.74 Å². The van der Waals surface area contributed by atoms with Crippen molar-refractivity contribution in [2.24, 2.45) is 11.8 Å². The molecule has 0 aromatic heterocycles. The van der Waals surface area contributed by atoms with Crippen LogP contribution < -0.4 is 5.32 Å². The highest BCUT2D eigenvalue weighted by atomic mass is 16.5. The predicted octanol–water partition coefficient (Wildman–Crippen LogP) is 3.22. The molecule has 0 spiro atoms. The van der Waals surface area contributed by atoms with Crippen LogP contribution in [0.25, 0.3) is 0 Å². The third-order valence-corrected chi connectivity index (χ3v) is 3.87. The Kier molecular flexibility index (Phi) is 7.06. The van der Waals surface area contributed by atoms with Gasteiger partial charge in [-0.3, -0.25) is 0 Å². The Morgan fingerprint density at radius 2 is 1.94 bits per heavy atom. The summed E-state index contributed by atoms with van der Waals surface area (Å²) in [5.74, 6) is 1.71. The van der Waals surface area contributed by atoms with Crippen LogP contribution in [-0.2, 0) is 4.74 Å². The van der Waals surface area contributed by atoms with Crippen LogP contribution in [0.15, 0.2) is 0 Å². The molecule has 0 aromatic rings. The summed E-state index contributed by atoms with van der Waals surface area (Å²) in [6.45, 7) is 6.66. The molecule has 1 aliphatic rings. The van der Waals surface area contributed by atoms with Gasteiger partial charge in [-0.05, 0) is 31.2 Å². The molecule has 96 valence electrons. The summed E-state index contributed by atoms with van der Waals surface area (Å²) in [6.07, 6.45) is 8.36. The Labute approximate surface area is 101 Å². The topological polar surface area (TPSA) is 21.3 Å². The second kappa shape index (κ2) is 8.08. The first-order valence-electron chi connectivity index (χ1n) is 6.96. The molecule has 2 heteroatoms. The second-order valence-electron chi connectivity index (χ2n) is 5.53. The summed E-state index contributed by atoms with van der Waals surface area (Å²) in [5, 5.41) is 3.70. The van der Waals surface area contributed by atoms with E-state index in [0.717, 1.165) is 18.9 Å². The molecule has 0 radical (unpaired) electrons. The van der Waals surface area contributed by atoms with Crippen molar-refractivity contribution in [3.05, 3.63) is 0 Å². The molecule has 0 heterocycles. The van der Waals surface area contributed by atoms with Crippen LogP contribution in [0.5, 0.6) is 0 Å². The summed E-state index contributed by atoms with van der Waals surface area (Å²) >= 11 is 0. The number of nitrogens with one attached hydrogen (secondary N) is 1. The molecule has 1 unspecified atom stereocenters. The normalized spacial score (nSPS) is 19.5. The van der Waals surface area contributed by atoms with Crippen molar-refractivity contribution in [3.63, 3.8) is 0 Å². The minimum Gasteiger partial charge on any atom is -0.385 e. The molecule has 16 heavy (non-hydrogen) atoms. The number of ether oxygens (including phenoxy) is 1. The lowest BCUT2D eigenvalue weighted by molar-refractivity contribution is 0.173. The van der Waals surface area contributed by atoms with Gasteiger partial charge in [-0.1, -0.05) is 39.5 Å². The number of methoxy groups -OCH3 is 1. The molecule has 1 N–H and O–H groups in total. The SMILES string of the molecule is COCCC(NCCC1CCCC1)C(C)C. The molecule has 2 nitrogen and oxygen atoms in total. The molecular weight excluding hydrogens is 198 g/mol. The fraction of sp³-hybridized carbons (Fsp3) is 1.00. The van der Waals surface area contributed by atoms with E-state index in [1.54, 1.807) is 7.11 Å². The smallest absolute Gasteiger partial charge is 0.0477 e. The first-order chi connectivity index (χ1) is 7.74. The largest absolute Gasteiger partial charge is 0.385 e. The zero-order valence-corrected chi connectivity index (χ0v) is 11.3. The van der Waals surface area contributed by atoms with E-state index in [1.807, 2.05) is 0 Å². The first-order valence-corrected chi connectivity index (χ1v) is 6.96. The summed E-state index contributed by atoms with van der Waals surface area (Å²) in [4.78, 5) is 0. The average Bonchev–Trinajstić information content (AvgIpc) is 2.75. The van der Waals surface area contributed by atoms with Gasteiger partial charge in [-0.15, -0.1) is 0 Å². The lowest BCUT2D eigenvalue weighted by Gasteiger charge is -2.23. The summed E-state index contributed by atoms with van der Waals surface area (Å²) in [6, 6.07) is 0.626.